The van der Waals surface area contributed by atoms with Crippen molar-refractivity contribution < 1.29 is 19.1 Å². The van der Waals surface area contributed by atoms with Gasteiger partial charge in [0.25, 0.3) is 11.8 Å². The summed E-state index contributed by atoms with van der Waals surface area (Å²) >= 11 is 1.40. The molecule has 1 aromatic carbocycles. The fraction of sp³-hybridized carbons (Fsp3) is 0.500. The van der Waals surface area contributed by atoms with E-state index >= 15 is 0 Å². The summed E-state index contributed by atoms with van der Waals surface area (Å²) in [6, 6.07) is 4.97. The Morgan fingerprint density at radius 3 is 2.60 bits per heavy atom. The summed E-state index contributed by atoms with van der Waals surface area (Å²) in [5.74, 6) is 0.912. The summed E-state index contributed by atoms with van der Waals surface area (Å²) in [6.07, 6.45) is 3.25. The molecule has 1 aromatic heterocycles. The van der Waals surface area contributed by atoms with Gasteiger partial charge >= 0.3 is 0 Å². The Hall–Kier alpha value is -2.61. The minimum Gasteiger partial charge on any atom is -0.490 e. The number of carbonyl (C=O) groups excluding carboxylic acids is 2. The number of nitrogens with zero attached hydrogens (tertiary/aromatic N) is 2. The van der Waals surface area contributed by atoms with Gasteiger partial charge in [0.2, 0.25) is 0 Å². The second kappa shape index (κ2) is 10.4. The number of carbonyl (C=O) groups is 2. The van der Waals surface area contributed by atoms with E-state index in [1.807, 2.05) is 17.2 Å². The third-order valence-electron chi connectivity index (χ3n) is 4.90. The summed E-state index contributed by atoms with van der Waals surface area (Å²) in [6.45, 7) is 7.93. The van der Waals surface area contributed by atoms with Crippen molar-refractivity contribution in [3.8, 4) is 11.5 Å². The summed E-state index contributed by atoms with van der Waals surface area (Å²) < 4.78 is 11.4. The van der Waals surface area contributed by atoms with Crippen molar-refractivity contribution in [1.82, 2.24) is 9.88 Å². The zero-order valence-electron chi connectivity index (χ0n) is 17.8. The number of hydrogen-bond donors (Lipinski definition) is 1. The molecule has 1 fully saturated rings. The maximum atomic E-state index is 12.6. The molecule has 8 heteroatoms. The standard InChI is InChI=1S/C22H29N3O4S/c1-4-28-19-12-16(21(27)24-22-23-17(14-30-22)15(2)3)8-9-18(19)29-13-20(26)25-10-6-5-7-11-25/h8-9,12,14-15H,4-7,10-11,13H2,1-3H3,(H,23,24,27). The lowest BCUT2D eigenvalue weighted by molar-refractivity contribution is -0.134. The largest absolute Gasteiger partial charge is 0.490 e. The Balaban J connectivity index is 1.65. The van der Waals surface area contributed by atoms with Crippen molar-refractivity contribution in [1.29, 1.82) is 0 Å². The molecule has 1 aliphatic heterocycles. The van der Waals surface area contributed by atoms with Crippen LogP contribution in [0.15, 0.2) is 23.6 Å². The number of ether oxygens (including phenoxy) is 2. The molecule has 7 nitrogen and oxygen atoms in total. The Morgan fingerprint density at radius 2 is 1.93 bits per heavy atom. The predicted octanol–water partition coefficient (Wildman–Crippen LogP) is 4.31. The molecule has 2 amide bonds. The van der Waals surface area contributed by atoms with Gasteiger partial charge in [-0.05, 0) is 50.3 Å². The fourth-order valence-corrected chi connectivity index (χ4v) is 4.06. The van der Waals surface area contributed by atoms with E-state index in [0.29, 0.717) is 34.7 Å². The molecule has 30 heavy (non-hydrogen) atoms. The van der Waals surface area contributed by atoms with E-state index < -0.39 is 0 Å². The minimum absolute atomic E-state index is 0.0244. The quantitative estimate of drug-likeness (QED) is 0.674. The first-order valence-corrected chi connectivity index (χ1v) is 11.3. The van der Waals surface area contributed by atoms with Crippen molar-refractivity contribution >= 4 is 28.3 Å². The zero-order valence-corrected chi connectivity index (χ0v) is 18.6. The maximum Gasteiger partial charge on any atom is 0.260 e. The highest BCUT2D eigenvalue weighted by molar-refractivity contribution is 7.14. The molecule has 0 atom stereocenters. The van der Waals surface area contributed by atoms with Crippen LogP contribution < -0.4 is 14.8 Å². The van der Waals surface area contributed by atoms with Crippen LogP contribution in [0.2, 0.25) is 0 Å². The van der Waals surface area contributed by atoms with Gasteiger partial charge in [-0.1, -0.05) is 13.8 Å². The molecule has 162 valence electrons. The van der Waals surface area contributed by atoms with Crippen molar-refractivity contribution in [3.05, 3.63) is 34.8 Å². The summed E-state index contributed by atoms with van der Waals surface area (Å²) in [7, 11) is 0. The number of benzene rings is 1. The van der Waals surface area contributed by atoms with Gasteiger partial charge in [0.1, 0.15) is 0 Å². The van der Waals surface area contributed by atoms with Crippen LogP contribution in [-0.2, 0) is 4.79 Å². The highest BCUT2D eigenvalue weighted by Crippen LogP contribution is 2.29. The number of piperidine rings is 1. The van der Waals surface area contributed by atoms with Crippen molar-refractivity contribution in [2.24, 2.45) is 0 Å². The third kappa shape index (κ3) is 5.72. The van der Waals surface area contributed by atoms with E-state index in [1.165, 1.54) is 17.8 Å². The molecule has 0 spiro atoms. The molecule has 2 heterocycles. The van der Waals surface area contributed by atoms with E-state index in [0.717, 1.165) is 31.6 Å². The van der Waals surface area contributed by atoms with E-state index in [2.05, 4.69) is 24.1 Å². The van der Waals surface area contributed by atoms with Crippen LogP contribution in [-0.4, -0.2) is 48.0 Å². The maximum absolute atomic E-state index is 12.6. The van der Waals surface area contributed by atoms with Crippen LogP contribution in [0.25, 0.3) is 0 Å². The Bertz CT molecular complexity index is 875. The third-order valence-corrected chi connectivity index (χ3v) is 5.68. The van der Waals surface area contributed by atoms with Gasteiger partial charge < -0.3 is 14.4 Å². The van der Waals surface area contributed by atoms with Gasteiger partial charge in [-0.25, -0.2) is 4.98 Å². The fourth-order valence-electron chi connectivity index (χ4n) is 3.19. The first kappa shape index (κ1) is 22.1. The molecule has 3 rings (SSSR count). The van der Waals surface area contributed by atoms with Crippen LogP contribution in [0.1, 0.15) is 62.0 Å². The smallest absolute Gasteiger partial charge is 0.260 e. The first-order valence-electron chi connectivity index (χ1n) is 10.4. The van der Waals surface area contributed by atoms with Gasteiger partial charge in [0.05, 0.1) is 12.3 Å². The van der Waals surface area contributed by atoms with Crippen LogP contribution >= 0.6 is 11.3 Å². The van der Waals surface area contributed by atoms with Crippen molar-refractivity contribution in [2.45, 2.75) is 46.0 Å². The number of rotatable bonds is 8. The van der Waals surface area contributed by atoms with E-state index in [-0.39, 0.29) is 18.4 Å². The van der Waals surface area contributed by atoms with Crippen LogP contribution in [0, 0.1) is 0 Å². The van der Waals surface area contributed by atoms with Crippen molar-refractivity contribution in [2.75, 3.05) is 31.6 Å². The van der Waals surface area contributed by atoms with Gasteiger partial charge in [-0.3, -0.25) is 14.9 Å². The lowest BCUT2D eigenvalue weighted by Gasteiger charge is -2.26. The highest BCUT2D eigenvalue weighted by Gasteiger charge is 2.19. The summed E-state index contributed by atoms with van der Waals surface area (Å²) in [4.78, 5) is 31.3. The number of hydrogen-bond acceptors (Lipinski definition) is 6. The highest BCUT2D eigenvalue weighted by atomic mass is 32.1. The number of nitrogens with one attached hydrogen (secondary N) is 1. The Morgan fingerprint density at radius 1 is 1.17 bits per heavy atom. The SMILES string of the molecule is CCOc1cc(C(=O)Nc2nc(C(C)C)cs2)ccc1OCC(=O)N1CCCCC1. The average Bonchev–Trinajstić information content (AvgIpc) is 3.22. The second-order valence-corrected chi connectivity index (χ2v) is 8.37. The average molecular weight is 432 g/mol. The van der Waals surface area contributed by atoms with Gasteiger partial charge in [-0.2, -0.15) is 0 Å². The number of aromatic nitrogens is 1. The topological polar surface area (TPSA) is 80.8 Å². The van der Waals surface area contributed by atoms with Crippen LogP contribution in [0.4, 0.5) is 5.13 Å². The molecular weight excluding hydrogens is 402 g/mol. The molecule has 1 aliphatic rings. The molecular formula is C22H29N3O4S. The number of amides is 2. The van der Waals surface area contributed by atoms with Crippen LogP contribution in [0.3, 0.4) is 0 Å². The van der Waals surface area contributed by atoms with Crippen molar-refractivity contribution in [3.63, 3.8) is 0 Å². The Labute approximate surface area is 181 Å². The lowest BCUT2D eigenvalue weighted by Crippen LogP contribution is -2.38. The zero-order chi connectivity index (χ0) is 21.5. The van der Waals surface area contributed by atoms with E-state index in [1.54, 1.807) is 18.2 Å². The van der Waals surface area contributed by atoms with Crippen LogP contribution in [0.5, 0.6) is 11.5 Å². The number of likely N-dealkylation sites (tertiary alicyclic amines) is 1. The van der Waals surface area contributed by atoms with E-state index in [9.17, 15) is 9.59 Å². The lowest BCUT2D eigenvalue weighted by atomic mass is 10.1. The minimum atomic E-state index is -0.267. The van der Waals surface area contributed by atoms with Gasteiger partial charge in [-0.15, -0.1) is 11.3 Å². The molecule has 0 aliphatic carbocycles. The molecule has 2 aromatic rings. The molecule has 0 bridgehead atoms. The molecule has 0 saturated carbocycles. The molecule has 0 radical (unpaired) electrons. The summed E-state index contributed by atoms with van der Waals surface area (Å²) in [5, 5.41) is 5.34. The number of thiazole rings is 1. The van der Waals surface area contributed by atoms with Gasteiger partial charge in [0, 0.05) is 24.0 Å². The second-order valence-electron chi connectivity index (χ2n) is 7.51. The molecule has 1 N–H and O–H groups in total. The first-order chi connectivity index (χ1) is 14.5. The Kier molecular flexibility index (Phi) is 7.68. The van der Waals surface area contributed by atoms with Gasteiger partial charge in [0.15, 0.2) is 23.2 Å². The summed E-state index contributed by atoms with van der Waals surface area (Å²) in [5.41, 5.74) is 1.39. The number of anilines is 1. The van der Waals surface area contributed by atoms with E-state index in [4.69, 9.17) is 9.47 Å². The molecule has 1 saturated heterocycles. The monoisotopic (exact) mass is 431 g/mol. The normalized spacial score (nSPS) is 13.9. The predicted molar refractivity (Wildman–Crippen MR) is 118 cm³/mol. The molecule has 0 unspecified atom stereocenters.